The second kappa shape index (κ2) is 23.5. The summed E-state index contributed by atoms with van der Waals surface area (Å²) in [5.41, 5.74) is 4.71. The summed E-state index contributed by atoms with van der Waals surface area (Å²) in [6.07, 6.45) is 13.1. The van der Waals surface area contributed by atoms with Gasteiger partial charge < -0.3 is 25.0 Å². The van der Waals surface area contributed by atoms with Gasteiger partial charge in [0.15, 0.2) is 0 Å². The van der Waals surface area contributed by atoms with Gasteiger partial charge in [-0.3, -0.25) is 9.59 Å². The molecule has 0 aromatic heterocycles. The number of esters is 2. The number of piperidine rings is 2. The highest BCUT2D eigenvalue weighted by atomic mass is 16.5. The SMILES string of the molecule is CC.CCCCOC(=O)CCN1CCC(CCCC2CCN(CCC(=O)OCCC(C)(C)C)CC2)CC1.CN. The van der Waals surface area contributed by atoms with Gasteiger partial charge in [0, 0.05) is 13.1 Å². The van der Waals surface area contributed by atoms with Crippen LogP contribution in [0, 0.1) is 17.3 Å². The highest BCUT2D eigenvalue weighted by Crippen LogP contribution is 2.27. The minimum Gasteiger partial charge on any atom is -0.466 e. The van der Waals surface area contributed by atoms with Crippen LogP contribution in [0.15, 0.2) is 0 Å². The highest BCUT2D eigenvalue weighted by Gasteiger charge is 2.22. The standard InChI is InChI=1S/C29H54N2O4.C2H6.CH5N/c1-5-6-23-34-27(32)14-21-30-17-10-25(11-18-30)8-7-9-26-12-19-31(20-13-26)22-15-28(33)35-24-16-29(2,3)4;2*1-2/h25-26H,5-24H2,1-4H3;1-2H3;2H2,1H3. The van der Waals surface area contributed by atoms with Gasteiger partial charge in [0.1, 0.15) is 0 Å². The number of hydrogen-bond acceptors (Lipinski definition) is 7. The topological polar surface area (TPSA) is 85.1 Å². The molecule has 2 saturated heterocycles. The molecule has 7 heteroatoms. The van der Waals surface area contributed by atoms with Crippen LogP contribution in [-0.2, 0) is 19.1 Å². The molecule has 0 saturated carbocycles. The Kier molecular flexibility index (Phi) is 22.8. The summed E-state index contributed by atoms with van der Waals surface area (Å²) in [4.78, 5) is 28.7. The number of rotatable bonds is 15. The van der Waals surface area contributed by atoms with E-state index in [-0.39, 0.29) is 17.4 Å². The van der Waals surface area contributed by atoms with E-state index in [9.17, 15) is 9.59 Å². The molecule has 39 heavy (non-hydrogen) atoms. The van der Waals surface area contributed by atoms with Crippen molar-refractivity contribution in [2.45, 2.75) is 119 Å². The Morgan fingerprint density at radius 2 is 1.15 bits per heavy atom. The zero-order chi connectivity index (χ0) is 29.5. The predicted molar refractivity (Wildman–Crippen MR) is 164 cm³/mol. The molecule has 0 aromatic rings. The first-order valence-corrected chi connectivity index (χ1v) is 16.1. The molecule has 0 amide bonds. The van der Waals surface area contributed by atoms with Gasteiger partial charge in [-0.15, -0.1) is 0 Å². The Hall–Kier alpha value is -1.18. The Bertz CT molecular complexity index is 593. The second-order valence-corrected chi connectivity index (χ2v) is 12.1. The van der Waals surface area contributed by atoms with Crippen molar-refractivity contribution in [2.75, 3.05) is 59.5 Å². The number of nitrogens with zero attached hydrogens (tertiary/aromatic N) is 2. The van der Waals surface area contributed by atoms with Crippen molar-refractivity contribution in [3.63, 3.8) is 0 Å². The Labute approximate surface area is 241 Å². The molecule has 7 nitrogen and oxygen atoms in total. The number of nitrogens with two attached hydrogens (primary N) is 1. The molecule has 0 aliphatic carbocycles. The van der Waals surface area contributed by atoms with E-state index >= 15 is 0 Å². The molecule has 232 valence electrons. The summed E-state index contributed by atoms with van der Waals surface area (Å²) in [5.74, 6) is 1.62. The van der Waals surface area contributed by atoms with E-state index < -0.39 is 0 Å². The first-order chi connectivity index (χ1) is 18.7. The molecular formula is C32H65N3O4. The van der Waals surface area contributed by atoms with Gasteiger partial charge in [0.05, 0.1) is 26.1 Å². The minimum atomic E-state index is -0.0469. The molecule has 0 spiro atoms. The lowest BCUT2D eigenvalue weighted by Crippen LogP contribution is -2.36. The smallest absolute Gasteiger partial charge is 0.307 e. The number of carbonyl (C=O) groups is 2. The highest BCUT2D eigenvalue weighted by molar-refractivity contribution is 5.69. The first-order valence-electron chi connectivity index (χ1n) is 16.1. The van der Waals surface area contributed by atoms with Crippen molar-refractivity contribution < 1.29 is 19.1 Å². The van der Waals surface area contributed by atoms with Gasteiger partial charge in [-0.2, -0.15) is 0 Å². The van der Waals surface area contributed by atoms with Gasteiger partial charge in [-0.1, -0.05) is 67.2 Å². The third kappa shape index (κ3) is 20.4. The van der Waals surface area contributed by atoms with E-state index in [4.69, 9.17) is 9.47 Å². The summed E-state index contributed by atoms with van der Waals surface area (Å²) < 4.78 is 10.7. The van der Waals surface area contributed by atoms with Crippen molar-refractivity contribution in [1.29, 1.82) is 0 Å². The molecular weight excluding hydrogens is 490 g/mol. The van der Waals surface area contributed by atoms with Crippen LogP contribution in [-0.4, -0.2) is 81.3 Å². The van der Waals surface area contributed by atoms with Gasteiger partial charge in [0.25, 0.3) is 0 Å². The summed E-state index contributed by atoms with van der Waals surface area (Å²) >= 11 is 0. The van der Waals surface area contributed by atoms with Crippen molar-refractivity contribution in [3.8, 4) is 0 Å². The third-order valence-corrected chi connectivity index (χ3v) is 7.78. The molecule has 0 bridgehead atoms. The van der Waals surface area contributed by atoms with Gasteiger partial charge in [0.2, 0.25) is 0 Å². The minimum absolute atomic E-state index is 0.0392. The zero-order valence-corrected chi connectivity index (χ0v) is 26.9. The van der Waals surface area contributed by atoms with Gasteiger partial charge in [-0.05, 0) is 89.0 Å². The van der Waals surface area contributed by atoms with E-state index in [0.717, 1.165) is 70.4 Å². The van der Waals surface area contributed by atoms with Gasteiger partial charge in [-0.25, -0.2) is 0 Å². The fourth-order valence-corrected chi connectivity index (χ4v) is 5.14. The summed E-state index contributed by atoms with van der Waals surface area (Å²) in [6.45, 7) is 19.9. The Morgan fingerprint density at radius 3 is 1.54 bits per heavy atom. The molecule has 0 radical (unpaired) electrons. The van der Waals surface area contributed by atoms with Crippen molar-refractivity contribution >= 4 is 11.9 Å². The number of likely N-dealkylation sites (tertiary alicyclic amines) is 2. The number of carbonyl (C=O) groups excluding carboxylic acids is 2. The van der Waals surface area contributed by atoms with E-state index in [2.05, 4.69) is 43.2 Å². The van der Waals surface area contributed by atoms with Crippen LogP contribution in [0.5, 0.6) is 0 Å². The van der Waals surface area contributed by atoms with Crippen LogP contribution in [0.4, 0.5) is 0 Å². The normalized spacial score (nSPS) is 17.4. The second-order valence-electron chi connectivity index (χ2n) is 12.1. The van der Waals surface area contributed by atoms with Crippen LogP contribution in [0.25, 0.3) is 0 Å². The number of hydrogen-bond donors (Lipinski definition) is 1. The lowest BCUT2D eigenvalue weighted by Gasteiger charge is -2.33. The maximum absolute atomic E-state index is 12.0. The van der Waals surface area contributed by atoms with E-state index in [1.807, 2.05) is 13.8 Å². The molecule has 2 N–H and O–H groups in total. The van der Waals surface area contributed by atoms with E-state index in [0.29, 0.717) is 26.1 Å². The quantitative estimate of drug-likeness (QED) is 0.188. The van der Waals surface area contributed by atoms with Crippen LogP contribution < -0.4 is 5.73 Å². The summed E-state index contributed by atoms with van der Waals surface area (Å²) in [6, 6.07) is 0. The molecule has 0 atom stereocenters. The predicted octanol–water partition coefficient (Wildman–Crippen LogP) is 6.28. The lowest BCUT2D eigenvalue weighted by molar-refractivity contribution is -0.145. The van der Waals surface area contributed by atoms with Crippen LogP contribution >= 0.6 is 0 Å². The summed E-state index contributed by atoms with van der Waals surface area (Å²) in [5, 5.41) is 0. The first kappa shape index (κ1) is 37.8. The largest absolute Gasteiger partial charge is 0.466 e. The molecule has 0 unspecified atom stereocenters. The molecule has 0 aromatic carbocycles. The molecule has 2 rings (SSSR count). The average molecular weight is 556 g/mol. The lowest BCUT2D eigenvalue weighted by atomic mass is 9.87. The fourth-order valence-electron chi connectivity index (χ4n) is 5.14. The average Bonchev–Trinajstić information content (AvgIpc) is 2.94. The Balaban J connectivity index is 0.00000344. The molecule has 2 heterocycles. The maximum atomic E-state index is 12.0. The van der Waals surface area contributed by atoms with Crippen LogP contribution in [0.2, 0.25) is 0 Å². The van der Waals surface area contributed by atoms with Crippen molar-refractivity contribution in [1.82, 2.24) is 9.80 Å². The van der Waals surface area contributed by atoms with Crippen molar-refractivity contribution in [2.24, 2.45) is 23.0 Å². The van der Waals surface area contributed by atoms with E-state index in [1.165, 1.54) is 52.0 Å². The van der Waals surface area contributed by atoms with Crippen LogP contribution in [0.3, 0.4) is 0 Å². The molecule has 2 fully saturated rings. The molecule has 2 aliphatic rings. The zero-order valence-electron chi connectivity index (χ0n) is 26.9. The fraction of sp³-hybridized carbons (Fsp3) is 0.938. The third-order valence-electron chi connectivity index (χ3n) is 7.78. The monoisotopic (exact) mass is 555 g/mol. The van der Waals surface area contributed by atoms with Gasteiger partial charge >= 0.3 is 11.9 Å². The van der Waals surface area contributed by atoms with Crippen molar-refractivity contribution in [3.05, 3.63) is 0 Å². The van der Waals surface area contributed by atoms with Crippen LogP contribution in [0.1, 0.15) is 119 Å². The Morgan fingerprint density at radius 1 is 0.744 bits per heavy atom. The number of unbranched alkanes of at least 4 members (excludes halogenated alkanes) is 1. The van der Waals surface area contributed by atoms with E-state index in [1.54, 1.807) is 0 Å². The summed E-state index contributed by atoms with van der Waals surface area (Å²) in [7, 11) is 1.50. The number of ether oxygens (including phenoxy) is 2. The molecule has 2 aliphatic heterocycles. The maximum Gasteiger partial charge on any atom is 0.307 e.